The summed E-state index contributed by atoms with van der Waals surface area (Å²) >= 11 is 0. The number of aliphatic hydroxyl groups excluding tert-OH is 1. The van der Waals surface area contributed by atoms with Gasteiger partial charge in [-0.15, -0.1) is 0 Å². The van der Waals surface area contributed by atoms with Gasteiger partial charge >= 0.3 is 0 Å². The summed E-state index contributed by atoms with van der Waals surface area (Å²) in [6, 6.07) is 0. The number of rotatable bonds is 3. The summed E-state index contributed by atoms with van der Waals surface area (Å²) in [6.07, 6.45) is 11.8. The van der Waals surface area contributed by atoms with Crippen LogP contribution < -0.4 is 5.32 Å². The lowest BCUT2D eigenvalue weighted by atomic mass is 9.87. The first-order chi connectivity index (χ1) is 9.83. The standard InChI is InChI=1S/C16H25N3O/c20-13-8-6-12(7-9-13)10-17-16-14-4-2-1-3-5-15(14)18-11-19-16/h11-13,20H,1-10H2,(H,17,18,19). The number of hydrogen-bond acceptors (Lipinski definition) is 4. The molecule has 0 bridgehead atoms. The number of fused-ring (bicyclic) bond motifs is 1. The molecule has 1 aromatic heterocycles. The fourth-order valence-corrected chi connectivity index (χ4v) is 3.44. The first-order valence-corrected chi connectivity index (χ1v) is 8.07. The Kier molecular flexibility index (Phi) is 4.51. The minimum Gasteiger partial charge on any atom is -0.393 e. The summed E-state index contributed by atoms with van der Waals surface area (Å²) in [7, 11) is 0. The Bertz CT molecular complexity index is 441. The van der Waals surface area contributed by atoms with Crippen LogP contribution in [-0.4, -0.2) is 27.7 Å². The number of nitrogens with one attached hydrogen (secondary N) is 1. The zero-order chi connectivity index (χ0) is 13.8. The van der Waals surface area contributed by atoms with Crippen molar-refractivity contribution >= 4 is 5.82 Å². The monoisotopic (exact) mass is 275 g/mol. The van der Waals surface area contributed by atoms with E-state index in [9.17, 15) is 5.11 Å². The van der Waals surface area contributed by atoms with Crippen LogP contribution in [0.3, 0.4) is 0 Å². The number of hydrogen-bond donors (Lipinski definition) is 2. The van der Waals surface area contributed by atoms with Crippen LogP contribution in [0.4, 0.5) is 5.82 Å². The van der Waals surface area contributed by atoms with Crippen molar-refractivity contribution in [1.29, 1.82) is 0 Å². The van der Waals surface area contributed by atoms with E-state index in [0.29, 0.717) is 5.92 Å². The number of aryl methyl sites for hydroxylation is 1. The normalized spacial score (nSPS) is 26.6. The third-order valence-corrected chi connectivity index (χ3v) is 4.75. The molecule has 0 atom stereocenters. The van der Waals surface area contributed by atoms with Gasteiger partial charge in [-0.1, -0.05) is 6.42 Å². The minimum atomic E-state index is -0.0680. The van der Waals surface area contributed by atoms with Gasteiger partial charge in [0.2, 0.25) is 0 Å². The molecule has 2 aliphatic carbocycles. The number of anilines is 1. The van der Waals surface area contributed by atoms with Gasteiger partial charge in [0.05, 0.1) is 6.10 Å². The lowest BCUT2D eigenvalue weighted by Gasteiger charge is -2.26. The van der Waals surface area contributed by atoms with Gasteiger partial charge in [-0.3, -0.25) is 0 Å². The lowest BCUT2D eigenvalue weighted by Crippen LogP contribution is -2.24. The maximum Gasteiger partial charge on any atom is 0.132 e. The third-order valence-electron chi connectivity index (χ3n) is 4.75. The van der Waals surface area contributed by atoms with Crippen molar-refractivity contribution < 1.29 is 5.11 Å². The quantitative estimate of drug-likeness (QED) is 0.833. The Morgan fingerprint density at radius 2 is 1.85 bits per heavy atom. The molecule has 2 N–H and O–H groups in total. The van der Waals surface area contributed by atoms with Crippen LogP contribution in [0.2, 0.25) is 0 Å². The largest absolute Gasteiger partial charge is 0.393 e. The molecule has 0 aliphatic heterocycles. The van der Waals surface area contributed by atoms with Gasteiger partial charge in [-0.25, -0.2) is 9.97 Å². The Morgan fingerprint density at radius 3 is 2.70 bits per heavy atom. The van der Waals surface area contributed by atoms with Gasteiger partial charge < -0.3 is 10.4 Å². The van der Waals surface area contributed by atoms with E-state index in [1.165, 1.54) is 30.5 Å². The molecule has 0 unspecified atom stereocenters. The molecule has 0 amide bonds. The Balaban J connectivity index is 1.62. The molecule has 0 spiro atoms. The summed E-state index contributed by atoms with van der Waals surface area (Å²) in [4.78, 5) is 8.92. The lowest BCUT2D eigenvalue weighted by molar-refractivity contribution is 0.111. The van der Waals surface area contributed by atoms with Crippen LogP contribution in [-0.2, 0) is 12.8 Å². The Hall–Kier alpha value is -1.16. The molecule has 110 valence electrons. The van der Waals surface area contributed by atoms with Crippen molar-refractivity contribution in [2.75, 3.05) is 11.9 Å². The van der Waals surface area contributed by atoms with E-state index < -0.39 is 0 Å². The van der Waals surface area contributed by atoms with Gasteiger partial charge in [0.25, 0.3) is 0 Å². The van der Waals surface area contributed by atoms with Gasteiger partial charge in [-0.05, 0) is 57.3 Å². The first-order valence-electron chi connectivity index (χ1n) is 8.07. The molecular weight excluding hydrogens is 250 g/mol. The molecular formula is C16H25N3O. The van der Waals surface area contributed by atoms with Crippen LogP contribution >= 0.6 is 0 Å². The fourth-order valence-electron chi connectivity index (χ4n) is 3.44. The Morgan fingerprint density at radius 1 is 1.05 bits per heavy atom. The van der Waals surface area contributed by atoms with Crippen molar-refractivity contribution in [2.45, 2.75) is 63.9 Å². The minimum absolute atomic E-state index is 0.0680. The first kappa shape index (κ1) is 13.8. The molecule has 1 fully saturated rings. The van der Waals surface area contributed by atoms with Crippen molar-refractivity contribution in [1.82, 2.24) is 9.97 Å². The number of nitrogens with zero attached hydrogens (tertiary/aromatic N) is 2. The van der Waals surface area contributed by atoms with E-state index >= 15 is 0 Å². The van der Waals surface area contributed by atoms with Crippen molar-refractivity contribution in [3.05, 3.63) is 17.6 Å². The average molecular weight is 275 g/mol. The molecule has 1 heterocycles. The Labute approximate surface area is 121 Å². The predicted octanol–water partition coefficient (Wildman–Crippen LogP) is 2.71. The van der Waals surface area contributed by atoms with E-state index in [0.717, 1.165) is 50.9 Å². The number of aromatic nitrogens is 2. The van der Waals surface area contributed by atoms with Gasteiger partial charge in [0, 0.05) is 17.8 Å². The van der Waals surface area contributed by atoms with Crippen LogP contribution in [0, 0.1) is 5.92 Å². The zero-order valence-electron chi connectivity index (χ0n) is 12.1. The van der Waals surface area contributed by atoms with E-state index in [1.54, 1.807) is 6.33 Å². The van der Waals surface area contributed by atoms with Gasteiger partial charge in [-0.2, -0.15) is 0 Å². The summed E-state index contributed by atoms with van der Waals surface area (Å²) in [6.45, 7) is 0.982. The predicted molar refractivity (Wildman–Crippen MR) is 79.7 cm³/mol. The van der Waals surface area contributed by atoms with Gasteiger partial charge in [0.1, 0.15) is 12.1 Å². The summed E-state index contributed by atoms with van der Waals surface area (Å²) < 4.78 is 0. The summed E-state index contributed by atoms with van der Waals surface area (Å²) in [5.41, 5.74) is 2.60. The second-order valence-electron chi connectivity index (χ2n) is 6.26. The van der Waals surface area contributed by atoms with E-state index in [2.05, 4.69) is 15.3 Å². The fraction of sp³-hybridized carbons (Fsp3) is 0.750. The van der Waals surface area contributed by atoms with Gasteiger partial charge in [0.15, 0.2) is 0 Å². The average Bonchev–Trinajstić information content (AvgIpc) is 2.72. The van der Waals surface area contributed by atoms with Crippen molar-refractivity contribution in [2.24, 2.45) is 5.92 Å². The van der Waals surface area contributed by atoms with E-state index in [4.69, 9.17) is 0 Å². The second kappa shape index (κ2) is 6.53. The highest BCUT2D eigenvalue weighted by Crippen LogP contribution is 2.27. The highest BCUT2D eigenvalue weighted by atomic mass is 16.3. The molecule has 4 nitrogen and oxygen atoms in total. The molecule has 1 aromatic rings. The van der Waals surface area contributed by atoms with Crippen molar-refractivity contribution in [3.8, 4) is 0 Å². The maximum absolute atomic E-state index is 9.56. The molecule has 0 aromatic carbocycles. The molecule has 2 aliphatic rings. The molecule has 1 saturated carbocycles. The van der Waals surface area contributed by atoms with Crippen LogP contribution in [0.5, 0.6) is 0 Å². The van der Waals surface area contributed by atoms with Crippen molar-refractivity contribution in [3.63, 3.8) is 0 Å². The van der Waals surface area contributed by atoms with Crippen LogP contribution in [0.15, 0.2) is 6.33 Å². The smallest absolute Gasteiger partial charge is 0.132 e. The molecule has 3 rings (SSSR count). The SMILES string of the molecule is OC1CCC(CNc2ncnc3c2CCCCC3)CC1. The highest BCUT2D eigenvalue weighted by Gasteiger charge is 2.20. The zero-order valence-corrected chi connectivity index (χ0v) is 12.1. The summed E-state index contributed by atoms with van der Waals surface area (Å²) in [5, 5.41) is 13.1. The van der Waals surface area contributed by atoms with Crippen LogP contribution in [0.1, 0.15) is 56.2 Å². The molecule has 20 heavy (non-hydrogen) atoms. The molecule has 4 heteroatoms. The second-order valence-corrected chi connectivity index (χ2v) is 6.26. The highest BCUT2D eigenvalue weighted by molar-refractivity contribution is 5.46. The third kappa shape index (κ3) is 3.29. The van der Waals surface area contributed by atoms with E-state index in [-0.39, 0.29) is 6.10 Å². The number of aliphatic hydroxyl groups is 1. The summed E-state index contributed by atoms with van der Waals surface area (Å²) in [5.74, 6) is 1.73. The molecule has 0 saturated heterocycles. The maximum atomic E-state index is 9.56. The van der Waals surface area contributed by atoms with Crippen LogP contribution in [0.25, 0.3) is 0 Å². The van der Waals surface area contributed by atoms with E-state index in [1.807, 2.05) is 0 Å². The molecule has 0 radical (unpaired) electrons. The topological polar surface area (TPSA) is 58.0 Å².